The molecular weight excluding hydrogens is 213 g/mol. The molecule has 1 aromatic carbocycles. The van der Waals surface area contributed by atoms with E-state index in [9.17, 15) is 4.39 Å². The van der Waals surface area contributed by atoms with Crippen LogP contribution in [0, 0.1) is 12.7 Å². The lowest BCUT2D eigenvalue weighted by Crippen LogP contribution is -2.05. The summed E-state index contributed by atoms with van der Waals surface area (Å²) in [6.07, 6.45) is 0. The van der Waals surface area contributed by atoms with Gasteiger partial charge >= 0.3 is 0 Å². The van der Waals surface area contributed by atoms with Crippen molar-refractivity contribution in [1.29, 1.82) is 0 Å². The molecule has 1 heterocycles. The summed E-state index contributed by atoms with van der Waals surface area (Å²) in [6.45, 7) is 1.86. The first-order chi connectivity index (χ1) is 7.20. The number of nitrogens with zero attached hydrogens (tertiary/aromatic N) is 1. The highest BCUT2D eigenvalue weighted by Gasteiger charge is 2.08. The van der Waals surface area contributed by atoms with Crippen LogP contribution in [0.4, 0.5) is 9.39 Å². The van der Waals surface area contributed by atoms with Gasteiger partial charge in [-0.05, 0) is 19.1 Å². The lowest BCUT2D eigenvalue weighted by molar-refractivity contribution is 0.628. The number of halogens is 1. The van der Waals surface area contributed by atoms with Crippen LogP contribution in [0.25, 0.3) is 10.6 Å². The van der Waals surface area contributed by atoms with E-state index in [1.54, 1.807) is 6.07 Å². The Hall–Kier alpha value is -1.46. The predicted molar refractivity (Wildman–Crippen MR) is 60.1 cm³/mol. The van der Waals surface area contributed by atoms with Gasteiger partial charge in [0.1, 0.15) is 15.8 Å². The van der Waals surface area contributed by atoms with E-state index >= 15 is 0 Å². The van der Waals surface area contributed by atoms with Crippen molar-refractivity contribution in [2.75, 3.05) is 5.43 Å². The number of rotatable bonds is 2. The fraction of sp³-hybridized carbons (Fsp3) is 0.100. The average molecular weight is 223 g/mol. The number of nitrogens with two attached hydrogens (primary N) is 1. The number of hydrogen-bond donors (Lipinski definition) is 2. The third kappa shape index (κ3) is 1.98. The minimum atomic E-state index is -0.261. The second kappa shape index (κ2) is 3.96. The van der Waals surface area contributed by atoms with Crippen molar-refractivity contribution < 1.29 is 4.39 Å². The van der Waals surface area contributed by atoms with Crippen molar-refractivity contribution in [2.24, 2.45) is 5.84 Å². The first-order valence-corrected chi connectivity index (χ1v) is 5.22. The second-order valence-electron chi connectivity index (χ2n) is 3.09. The van der Waals surface area contributed by atoms with Crippen LogP contribution in [-0.4, -0.2) is 4.98 Å². The van der Waals surface area contributed by atoms with E-state index in [4.69, 9.17) is 5.84 Å². The monoisotopic (exact) mass is 223 g/mol. The summed E-state index contributed by atoms with van der Waals surface area (Å²) >= 11 is 1.41. The minimum Gasteiger partial charge on any atom is -0.314 e. The van der Waals surface area contributed by atoms with Crippen LogP contribution < -0.4 is 11.3 Å². The summed E-state index contributed by atoms with van der Waals surface area (Å²) in [6, 6.07) is 6.35. The molecule has 0 atom stereocenters. The second-order valence-corrected chi connectivity index (χ2v) is 4.09. The molecule has 0 amide bonds. The smallest absolute Gasteiger partial charge is 0.126 e. The summed E-state index contributed by atoms with van der Waals surface area (Å²) in [5.41, 5.74) is 4.15. The van der Waals surface area contributed by atoms with Gasteiger partial charge in [0.25, 0.3) is 0 Å². The van der Waals surface area contributed by atoms with Gasteiger partial charge < -0.3 is 5.43 Å². The molecule has 1 aromatic heterocycles. The number of thiazole rings is 1. The maximum absolute atomic E-state index is 13.0. The molecule has 2 aromatic rings. The number of anilines is 1. The van der Waals surface area contributed by atoms with E-state index in [1.165, 1.54) is 23.5 Å². The predicted octanol–water partition coefficient (Wildman–Crippen LogP) is 2.54. The molecule has 0 radical (unpaired) electrons. The van der Waals surface area contributed by atoms with Crippen molar-refractivity contribution in [3.63, 3.8) is 0 Å². The summed E-state index contributed by atoms with van der Waals surface area (Å²) in [4.78, 5) is 4.30. The van der Waals surface area contributed by atoms with E-state index in [-0.39, 0.29) is 5.82 Å². The third-order valence-corrected chi connectivity index (χ3v) is 3.14. The first kappa shape index (κ1) is 10.1. The Bertz CT molecular complexity index is 481. The average Bonchev–Trinajstić information content (AvgIpc) is 2.60. The fourth-order valence-corrected chi connectivity index (χ4v) is 2.15. The van der Waals surface area contributed by atoms with E-state index in [1.807, 2.05) is 13.0 Å². The Balaban J connectivity index is 2.45. The number of aryl methyl sites for hydroxylation is 1. The molecule has 3 N–H and O–H groups in total. The standard InChI is InChI=1S/C10H10FN3S/c1-6-9(14-12)15-10(13-6)7-3-2-4-8(11)5-7/h2-5,14H,12H2,1H3. The Labute approximate surface area is 90.7 Å². The Morgan fingerprint density at radius 3 is 2.87 bits per heavy atom. The molecule has 5 heteroatoms. The van der Waals surface area contributed by atoms with Crippen LogP contribution in [0.15, 0.2) is 24.3 Å². The van der Waals surface area contributed by atoms with Gasteiger partial charge in [0.15, 0.2) is 0 Å². The zero-order valence-electron chi connectivity index (χ0n) is 8.12. The van der Waals surface area contributed by atoms with Crippen molar-refractivity contribution >= 4 is 16.3 Å². The number of hydrogen-bond acceptors (Lipinski definition) is 4. The van der Waals surface area contributed by atoms with Gasteiger partial charge in [-0.15, -0.1) is 0 Å². The largest absolute Gasteiger partial charge is 0.314 e. The van der Waals surface area contributed by atoms with Gasteiger partial charge in [0, 0.05) is 5.56 Å². The zero-order valence-corrected chi connectivity index (χ0v) is 8.94. The van der Waals surface area contributed by atoms with Gasteiger partial charge in [-0.2, -0.15) is 0 Å². The Kier molecular flexibility index (Phi) is 2.66. The van der Waals surface area contributed by atoms with Crippen molar-refractivity contribution in [2.45, 2.75) is 6.92 Å². The molecule has 0 unspecified atom stereocenters. The van der Waals surface area contributed by atoms with Crippen LogP contribution in [0.3, 0.4) is 0 Å². The Morgan fingerprint density at radius 1 is 1.47 bits per heavy atom. The molecule has 0 bridgehead atoms. The quantitative estimate of drug-likeness (QED) is 0.607. The fourth-order valence-electron chi connectivity index (χ4n) is 1.28. The SMILES string of the molecule is Cc1nc(-c2cccc(F)c2)sc1NN. The molecular formula is C10H10FN3S. The lowest BCUT2D eigenvalue weighted by Gasteiger charge is -1.94. The Morgan fingerprint density at radius 2 is 2.27 bits per heavy atom. The van der Waals surface area contributed by atoms with E-state index in [0.29, 0.717) is 0 Å². The van der Waals surface area contributed by atoms with Gasteiger partial charge in [0.05, 0.1) is 5.69 Å². The minimum absolute atomic E-state index is 0.261. The molecule has 0 aliphatic heterocycles. The zero-order chi connectivity index (χ0) is 10.8. The molecule has 2 rings (SSSR count). The van der Waals surface area contributed by atoms with Crippen molar-refractivity contribution in [3.05, 3.63) is 35.8 Å². The lowest BCUT2D eigenvalue weighted by atomic mass is 10.2. The maximum atomic E-state index is 13.0. The van der Waals surface area contributed by atoms with Crippen molar-refractivity contribution in [1.82, 2.24) is 4.98 Å². The number of nitrogen functional groups attached to an aromatic ring is 1. The molecule has 0 aliphatic carbocycles. The molecule has 78 valence electrons. The van der Waals surface area contributed by atoms with Gasteiger partial charge in [0.2, 0.25) is 0 Å². The number of hydrazine groups is 1. The van der Waals surface area contributed by atoms with E-state index < -0.39 is 0 Å². The van der Waals surface area contributed by atoms with Gasteiger partial charge in [-0.3, -0.25) is 0 Å². The molecule has 0 spiro atoms. The summed E-state index contributed by atoms with van der Waals surface area (Å²) in [5, 5.41) is 1.56. The van der Waals surface area contributed by atoms with Crippen LogP contribution in [-0.2, 0) is 0 Å². The topological polar surface area (TPSA) is 50.9 Å². The molecule has 0 saturated carbocycles. The van der Waals surface area contributed by atoms with Crippen LogP contribution in [0.2, 0.25) is 0 Å². The van der Waals surface area contributed by atoms with Crippen LogP contribution in [0.1, 0.15) is 5.69 Å². The number of nitrogens with one attached hydrogen (secondary N) is 1. The first-order valence-electron chi connectivity index (χ1n) is 4.40. The van der Waals surface area contributed by atoms with Crippen molar-refractivity contribution in [3.8, 4) is 10.6 Å². The molecule has 3 nitrogen and oxygen atoms in total. The molecule has 0 saturated heterocycles. The van der Waals surface area contributed by atoms with Gasteiger partial charge in [-0.1, -0.05) is 23.5 Å². The summed E-state index contributed by atoms with van der Waals surface area (Å²) < 4.78 is 13.0. The highest BCUT2D eigenvalue weighted by molar-refractivity contribution is 7.19. The maximum Gasteiger partial charge on any atom is 0.126 e. The van der Waals surface area contributed by atoms with Crippen LogP contribution in [0.5, 0.6) is 0 Å². The highest BCUT2D eigenvalue weighted by atomic mass is 32.1. The number of aromatic nitrogens is 1. The normalized spacial score (nSPS) is 10.3. The number of benzene rings is 1. The summed E-state index contributed by atoms with van der Waals surface area (Å²) in [5.74, 6) is 5.06. The molecule has 15 heavy (non-hydrogen) atoms. The van der Waals surface area contributed by atoms with Crippen LogP contribution >= 0.6 is 11.3 Å². The summed E-state index contributed by atoms with van der Waals surface area (Å²) in [7, 11) is 0. The highest BCUT2D eigenvalue weighted by Crippen LogP contribution is 2.31. The third-order valence-electron chi connectivity index (χ3n) is 2.00. The molecule has 0 fully saturated rings. The van der Waals surface area contributed by atoms with E-state index in [2.05, 4.69) is 10.4 Å². The molecule has 0 aliphatic rings. The van der Waals surface area contributed by atoms with Gasteiger partial charge in [-0.25, -0.2) is 15.2 Å². The van der Waals surface area contributed by atoms with E-state index in [0.717, 1.165) is 21.3 Å².